The van der Waals surface area contributed by atoms with Gasteiger partial charge in [-0.15, -0.1) is 0 Å². The Morgan fingerprint density at radius 3 is 1.50 bits per heavy atom. The molecule has 162 valence electrons. The minimum atomic E-state index is -1.18. The van der Waals surface area contributed by atoms with E-state index in [4.69, 9.17) is 14.2 Å². The van der Waals surface area contributed by atoms with Gasteiger partial charge in [0.1, 0.15) is 19.8 Å². The highest BCUT2D eigenvalue weighted by molar-refractivity contribution is 5.77. The van der Waals surface area contributed by atoms with Gasteiger partial charge in [-0.1, -0.05) is 0 Å². The molecule has 0 aliphatic heterocycles. The van der Waals surface area contributed by atoms with E-state index in [-0.39, 0.29) is 19.8 Å². The summed E-state index contributed by atoms with van der Waals surface area (Å²) in [5.41, 5.74) is -1.40. The van der Waals surface area contributed by atoms with Gasteiger partial charge in [0.2, 0.25) is 0 Å². The van der Waals surface area contributed by atoms with Crippen LogP contribution >= 0.6 is 0 Å². The highest BCUT2D eigenvalue weighted by atomic mass is 16.7. The van der Waals surface area contributed by atoms with E-state index in [1.807, 2.05) is 0 Å². The van der Waals surface area contributed by atoms with Crippen LogP contribution in [-0.2, 0) is 38.1 Å². The summed E-state index contributed by atoms with van der Waals surface area (Å²) in [7, 11) is 1.11. The molecule has 0 heterocycles. The van der Waals surface area contributed by atoms with Gasteiger partial charge in [-0.3, -0.25) is 9.59 Å². The summed E-state index contributed by atoms with van der Waals surface area (Å²) in [6, 6.07) is 0. The third kappa shape index (κ3) is 10.1. The van der Waals surface area contributed by atoms with Crippen molar-refractivity contribution < 1.29 is 42.9 Å². The quantitative estimate of drug-likeness (QED) is 0.444. The molecule has 0 amide bonds. The Hall–Kier alpha value is -2.32. The van der Waals surface area contributed by atoms with Crippen molar-refractivity contribution in [3.05, 3.63) is 0 Å². The summed E-state index contributed by atoms with van der Waals surface area (Å²) >= 11 is 0. The normalized spacial score (nSPS) is 12.8. The molecular weight excluding hydrogens is 372 g/mol. The molecule has 0 saturated heterocycles. The Bertz CT molecular complexity index is 525. The molecule has 28 heavy (non-hydrogen) atoms. The molecule has 0 aromatic carbocycles. The van der Waals surface area contributed by atoms with Gasteiger partial charge < -0.3 is 23.7 Å². The fourth-order valence-corrected chi connectivity index (χ4v) is 1.52. The molecular formula is C19H32O9. The molecule has 0 fully saturated rings. The summed E-state index contributed by atoms with van der Waals surface area (Å²) in [6.07, 6.45) is -2.19. The van der Waals surface area contributed by atoms with Crippen LogP contribution in [0.3, 0.4) is 0 Å². The van der Waals surface area contributed by atoms with Crippen LogP contribution in [0.25, 0.3) is 0 Å². The van der Waals surface area contributed by atoms with E-state index >= 15 is 0 Å². The SMILES string of the molecule is COC(=O)OC(C)C(=O)OCC(COC(=O)C(C)(C)C)COC(=O)C(C)(C)C. The van der Waals surface area contributed by atoms with Crippen LogP contribution in [0.1, 0.15) is 48.5 Å². The van der Waals surface area contributed by atoms with E-state index in [0.717, 1.165) is 7.11 Å². The summed E-state index contributed by atoms with van der Waals surface area (Å²) in [5, 5.41) is 0. The maximum absolute atomic E-state index is 12.0. The van der Waals surface area contributed by atoms with Gasteiger partial charge in [0.25, 0.3) is 0 Å². The Morgan fingerprint density at radius 2 is 1.14 bits per heavy atom. The predicted octanol–water partition coefficient (Wildman–Crippen LogP) is 2.50. The monoisotopic (exact) mass is 404 g/mol. The van der Waals surface area contributed by atoms with Crippen molar-refractivity contribution in [1.82, 2.24) is 0 Å². The number of rotatable bonds is 8. The van der Waals surface area contributed by atoms with Gasteiger partial charge in [-0.2, -0.15) is 0 Å². The second kappa shape index (κ2) is 10.9. The second-order valence-corrected chi connectivity index (χ2v) is 8.41. The summed E-state index contributed by atoms with van der Waals surface area (Å²) in [5.74, 6) is -2.26. The molecule has 0 rings (SSSR count). The molecule has 0 bridgehead atoms. The molecule has 0 N–H and O–H groups in total. The fraction of sp³-hybridized carbons (Fsp3) is 0.789. The number of ether oxygens (including phenoxy) is 5. The lowest BCUT2D eigenvalue weighted by molar-refractivity contribution is -0.163. The molecule has 0 aliphatic carbocycles. The standard InChI is InChI=1S/C19H32O9/c1-12(28-17(23)24-8)14(20)25-9-13(10-26-15(21)18(2,3)4)11-27-16(22)19(5,6)7/h12-13H,9-11H2,1-8H3. The molecule has 0 radical (unpaired) electrons. The van der Waals surface area contributed by atoms with Gasteiger partial charge in [-0.05, 0) is 48.5 Å². The first-order valence-electron chi connectivity index (χ1n) is 8.94. The molecule has 0 aliphatic rings. The lowest BCUT2D eigenvalue weighted by Crippen LogP contribution is -2.33. The van der Waals surface area contributed by atoms with E-state index in [1.165, 1.54) is 6.92 Å². The van der Waals surface area contributed by atoms with E-state index in [0.29, 0.717) is 0 Å². The van der Waals surface area contributed by atoms with Crippen LogP contribution < -0.4 is 0 Å². The lowest BCUT2D eigenvalue weighted by Gasteiger charge is -2.23. The average Bonchev–Trinajstić information content (AvgIpc) is 2.57. The fourth-order valence-electron chi connectivity index (χ4n) is 1.52. The van der Waals surface area contributed by atoms with E-state index < -0.39 is 46.9 Å². The average molecular weight is 404 g/mol. The zero-order chi connectivity index (χ0) is 22.1. The summed E-state index contributed by atoms with van der Waals surface area (Å²) in [6.45, 7) is 11.2. The Balaban J connectivity index is 4.83. The molecule has 9 heteroatoms. The van der Waals surface area contributed by atoms with Crippen molar-refractivity contribution in [1.29, 1.82) is 0 Å². The number of carbonyl (C=O) groups is 4. The third-order valence-corrected chi connectivity index (χ3v) is 3.36. The lowest BCUT2D eigenvalue weighted by atomic mass is 9.97. The number of methoxy groups -OCH3 is 1. The van der Waals surface area contributed by atoms with Gasteiger partial charge in [0.05, 0.1) is 23.9 Å². The third-order valence-electron chi connectivity index (χ3n) is 3.36. The van der Waals surface area contributed by atoms with Gasteiger partial charge >= 0.3 is 24.1 Å². The second-order valence-electron chi connectivity index (χ2n) is 8.41. The molecule has 1 unspecified atom stereocenters. The molecule has 1 atom stereocenters. The number of carbonyl (C=O) groups excluding carboxylic acids is 4. The van der Waals surface area contributed by atoms with Crippen LogP contribution in [0.5, 0.6) is 0 Å². The Kier molecular flexibility index (Phi) is 9.97. The molecule has 0 aromatic rings. The van der Waals surface area contributed by atoms with Gasteiger partial charge in [-0.25, -0.2) is 9.59 Å². The van der Waals surface area contributed by atoms with Gasteiger partial charge in [0.15, 0.2) is 6.10 Å². The van der Waals surface area contributed by atoms with Crippen LogP contribution in [0, 0.1) is 16.7 Å². The molecule has 9 nitrogen and oxygen atoms in total. The van der Waals surface area contributed by atoms with Crippen molar-refractivity contribution in [2.75, 3.05) is 26.9 Å². The van der Waals surface area contributed by atoms with Crippen LogP contribution in [0.2, 0.25) is 0 Å². The maximum atomic E-state index is 12.0. The van der Waals surface area contributed by atoms with Crippen molar-refractivity contribution >= 4 is 24.1 Å². The Labute approximate surface area is 166 Å². The Morgan fingerprint density at radius 1 is 0.750 bits per heavy atom. The smallest absolute Gasteiger partial charge is 0.465 e. The number of esters is 3. The first kappa shape index (κ1) is 25.7. The molecule has 0 spiro atoms. The van der Waals surface area contributed by atoms with Crippen molar-refractivity contribution in [3.8, 4) is 0 Å². The zero-order valence-electron chi connectivity index (χ0n) is 18.0. The topological polar surface area (TPSA) is 114 Å². The zero-order valence-corrected chi connectivity index (χ0v) is 18.0. The first-order chi connectivity index (χ1) is 12.7. The van der Waals surface area contributed by atoms with E-state index in [2.05, 4.69) is 9.47 Å². The predicted molar refractivity (Wildman–Crippen MR) is 98.2 cm³/mol. The van der Waals surface area contributed by atoms with E-state index in [9.17, 15) is 19.2 Å². The minimum Gasteiger partial charge on any atom is -0.465 e. The maximum Gasteiger partial charge on any atom is 0.508 e. The van der Waals surface area contributed by atoms with E-state index in [1.54, 1.807) is 41.5 Å². The van der Waals surface area contributed by atoms with Crippen molar-refractivity contribution in [2.45, 2.75) is 54.6 Å². The molecule has 0 saturated carbocycles. The summed E-state index contributed by atoms with van der Waals surface area (Å²) < 4.78 is 24.5. The molecule has 0 aromatic heterocycles. The van der Waals surface area contributed by atoms with Crippen LogP contribution in [0.15, 0.2) is 0 Å². The van der Waals surface area contributed by atoms with Crippen molar-refractivity contribution in [3.63, 3.8) is 0 Å². The van der Waals surface area contributed by atoms with Gasteiger partial charge in [0, 0.05) is 0 Å². The first-order valence-corrected chi connectivity index (χ1v) is 8.94. The largest absolute Gasteiger partial charge is 0.508 e. The van der Waals surface area contributed by atoms with Crippen LogP contribution in [-0.4, -0.2) is 57.1 Å². The highest BCUT2D eigenvalue weighted by Crippen LogP contribution is 2.18. The summed E-state index contributed by atoms with van der Waals surface area (Å²) in [4.78, 5) is 46.9. The number of hydrogen-bond acceptors (Lipinski definition) is 9. The van der Waals surface area contributed by atoms with Crippen LogP contribution in [0.4, 0.5) is 4.79 Å². The minimum absolute atomic E-state index is 0.104. The number of hydrogen-bond donors (Lipinski definition) is 0. The highest BCUT2D eigenvalue weighted by Gasteiger charge is 2.28. The van der Waals surface area contributed by atoms with Crippen molar-refractivity contribution in [2.24, 2.45) is 16.7 Å².